The highest BCUT2D eigenvalue weighted by Crippen LogP contribution is 2.27. The van der Waals surface area contributed by atoms with Gasteiger partial charge in [0, 0.05) is 31.9 Å². The first kappa shape index (κ1) is 18.6. The van der Waals surface area contributed by atoms with Crippen molar-refractivity contribution in [3.63, 3.8) is 0 Å². The Bertz CT molecular complexity index is 1180. The largest absolute Gasteiger partial charge is 0.457 e. The van der Waals surface area contributed by atoms with Gasteiger partial charge in [0.2, 0.25) is 0 Å². The van der Waals surface area contributed by atoms with Crippen LogP contribution in [0, 0.1) is 0 Å². The smallest absolute Gasteiger partial charge is 0.295 e. The van der Waals surface area contributed by atoms with E-state index in [-0.39, 0.29) is 11.6 Å². The van der Waals surface area contributed by atoms with Crippen LogP contribution in [0.2, 0.25) is 0 Å². The molecule has 0 aliphatic rings. The van der Waals surface area contributed by atoms with Gasteiger partial charge < -0.3 is 19.8 Å². The molecule has 0 unspecified atom stereocenters. The number of ether oxygens (including phenoxy) is 1. The lowest BCUT2D eigenvalue weighted by atomic mass is 9.91. The SMILES string of the molecule is [B]c1ccccc1CNc1nc2ccc(Oc3ccnc(C(=O)NC)c3)cc2o1. The van der Waals surface area contributed by atoms with Gasteiger partial charge in [0.1, 0.15) is 30.6 Å². The minimum Gasteiger partial charge on any atom is -0.457 e. The molecule has 8 heteroatoms. The van der Waals surface area contributed by atoms with E-state index >= 15 is 0 Å². The summed E-state index contributed by atoms with van der Waals surface area (Å²) < 4.78 is 11.6. The molecule has 2 radical (unpaired) electrons. The van der Waals surface area contributed by atoms with Crippen LogP contribution in [-0.4, -0.2) is 30.8 Å². The molecule has 2 heterocycles. The quantitative estimate of drug-likeness (QED) is 0.497. The van der Waals surface area contributed by atoms with Crippen LogP contribution in [0.1, 0.15) is 16.1 Å². The summed E-state index contributed by atoms with van der Waals surface area (Å²) in [6.45, 7) is 0.502. The van der Waals surface area contributed by atoms with Crippen LogP contribution in [0.5, 0.6) is 11.5 Å². The third-order valence-electron chi connectivity index (χ3n) is 4.27. The fourth-order valence-electron chi connectivity index (χ4n) is 2.77. The number of benzene rings is 2. The predicted octanol–water partition coefficient (Wildman–Crippen LogP) is 2.78. The van der Waals surface area contributed by atoms with Crippen molar-refractivity contribution < 1.29 is 13.9 Å². The average Bonchev–Trinajstić information content (AvgIpc) is 3.15. The Morgan fingerprint density at radius 3 is 2.79 bits per heavy atom. The van der Waals surface area contributed by atoms with Gasteiger partial charge in [0.25, 0.3) is 11.9 Å². The lowest BCUT2D eigenvalue weighted by Crippen LogP contribution is -2.18. The number of carbonyl (C=O) groups is 1. The minimum atomic E-state index is -0.282. The van der Waals surface area contributed by atoms with Gasteiger partial charge in [-0.05, 0) is 23.8 Å². The maximum Gasteiger partial charge on any atom is 0.295 e. The molecule has 4 aromatic rings. The molecule has 2 aromatic carbocycles. The second kappa shape index (κ2) is 8.06. The van der Waals surface area contributed by atoms with Gasteiger partial charge in [-0.15, -0.1) is 0 Å². The summed E-state index contributed by atoms with van der Waals surface area (Å²) in [6.07, 6.45) is 1.52. The molecule has 1 amide bonds. The number of anilines is 1. The first-order valence-corrected chi connectivity index (χ1v) is 8.96. The summed E-state index contributed by atoms with van der Waals surface area (Å²) in [5, 5.41) is 5.67. The molecule has 0 spiro atoms. The van der Waals surface area contributed by atoms with Crippen LogP contribution in [0.4, 0.5) is 6.01 Å². The molecule has 0 fully saturated rings. The summed E-state index contributed by atoms with van der Waals surface area (Å²) >= 11 is 0. The summed E-state index contributed by atoms with van der Waals surface area (Å²) in [6, 6.07) is 16.6. The Kier molecular flexibility index (Phi) is 5.15. The van der Waals surface area contributed by atoms with Gasteiger partial charge in [0.05, 0.1) is 0 Å². The number of rotatable bonds is 6. The lowest BCUT2D eigenvalue weighted by Gasteiger charge is -2.06. The Morgan fingerprint density at radius 1 is 1.14 bits per heavy atom. The summed E-state index contributed by atoms with van der Waals surface area (Å²) in [5.41, 5.74) is 3.22. The van der Waals surface area contributed by atoms with E-state index < -0.39 is 0 Å². The highest BCUT2D eigenvalue weighted by molar-refractivity contribution is 6.33. The molecule has 7 nitrogen and oxygen atoms in total. The molecule has 0 aliphatic carbocycles. The van der Waals surface area contributed by atoms with E-state index in [1.54, 1.807) is 37.4 Å². The van der Waals surface area contributed by atoms with Crippen LogP contribution in [0.25, 0.3) is 11.1 Å². The standard InChI is InChI=1S/C21H17BN4O3/c1-23-20(27)18-10-15(8-9-24-18)28-14-6-7-17-19(11-14)29-21(26-17)25-12-13-4-2-3-5-16(13)22/h2-11H,12H2,1H3,(H,23,27)(H,25,26). The fraction of sp³-hybridized carbons (Fsp3) is 0.0952. The number of nitrogens with zero attached hydrogens (tertiary/aromatic N) is 2. The number of pyridine rings is 1. The van der Waals surface area contributed by atoms with Crippen molar-refractivity contribution in [2.45, 2.75) is 6.54 Å². The monoisotopic (exact) mass is 384 g/mol. The molecule has 0 saturated carbocycles. The van der Waals surface area contributed by atoms with Crippen molar-refractivity contribution in [2.24, 2.45) is 0 Å². The number of hydrogen-bond acceptors (Lipinski definition) is 6. The number of hydrogen-bond donors (Lipinski definition) is 2. The number of nitrogens with one attached hydrogen (secondary N) is 2. The van der Waals surface area contributed by atoms with Crippen molar-refractivity contribution in [1.82, 2.24) is 15.3 Å². The van der Waals surface area contributed by atoms with Crippen molar-refractivity contribution in [2.75, 3.05) is 12.4 Å². The molecule has 2 aromatic heterocycles. The maximum atomic E-state index is 11.7. The third kappa shape index (κ3) is 4.21. The molecule has 0 atom stereocenters. The van der Waals surface area contributed by atoms with Crippen LogP contribution in [0.15, 0.2) is 65.2 Å². The highest BCUT2D eigenvalue weighted by atomic mass is 16.5. The van der Waals surface area contributed by atoms with Crippen LogP contribution in [-0.2, 0) is 6.54 Å². The number of amides is 1. The van der Waals surface area contributed by atoms with E-state index in [0.29, 0.717) is 40.6 Å². The van der Waals surface area contributed by atoms with Crippen LogP contribution in [0.3, 0.4) is 0 Å². The first-order chi connectivity index (χ1) is 14.1. The van der Waals surface area contributed by atoms with E-state index in [9.17, 15) is 4.79 Å². The van der Waals surface area contributed by atoms with Crippen LogP contribution >= 0.6 is 0 Å². The Balaban J connectivity index is 1.50. The molecule has 0 saturated heterocycles. The number of oxazole rings is 1. The molecule has 29 heavy (non-hydrogen) atoms. The molecule has 142 valence electrons. The van der Waals surface area contributed by atoms with Crippen LogP contribution < -0.4 is 20.8 Å². The first-order valence-electron chi connectivity index (χ1n) is 8.96. The summed E-state index contributed by atoms with van der Waals surface area (Å²) in [7, 11) is 7.50. The maximum absolute atomic E-state index is 11.7. The zero-order valence-corrected chi connectivity index (χ0v) is 15.7. The third-order valence-corrected chi connectivity index (χ3v) is 4.27. The zero-order valence-electron chi connectivity index (χ0n) is 15.7. The van der Waals surface area contributed by atoms with E-state index in [0.717, 1.165) is 5.56 Å². The van der Waals surface area contributed by atoms with Crippen molar-refractivity contribution in [1.29, 1.82) is 0 Å². The van der Waals surface area contributed by atoms with Gasteiger partial charge in [-0.3, -0.25) is 9.78 Å². The van der Waals surface area contributed by atoms with Gasteiger partial charge in [-0.1, -0.05) is 29.7 Å². The molecular weight excluding hydrogens is 367 g/mol. The van der Waals surface area contributed by atoms with Crippen molar-refractivity contribution in [3.8, 4) is 11.5 Å². The minimum absolute atomic E-state index is 0.275. The molecule has 4 rings (SSSR count). The second-order valence-electron chi connectivity index (χ2n) is 6.26. The number of fused-ring (bicyclic) bond motifs is 1. The van der Waals surface area contributed by atoms with Gasteiger partial charge in [-0.25, -0.2) is 0 Å². The van der Waals surface area contributed by atoms with E-state index in [2.05, 4.69) is 20.6 Å². The summed E-state index contributed by atoms with van der Waals surface area (Å²) in [4.78, 5) is 20.1. The average molecular weight is 384 g/mol. The van der Waals surface area contributed by atoms with E-state index in [1.165, 1.54) is 6.20 Å². The lowest BCUT2D eigenvalue weighted by molar-refractivity contribution is 0.0958. The molecule has 2 N–H and O–H groups in total. The fourth-order valence-corrected chi connectivity index (χ4v) is 2.77. The topological polar surface area (TPSA) is 89.3 Å². The van der Waals surface area contributed by atoms with Crippen molar-refractivity contribution in [3.05, 3.63) is 72.1 Å². The predicted molar refractivity (Wildman–Crippen MR) is 111 cm³/mol. The number of carbonyl (C=O) groups excluding carboxylic acids is 1. The van der Waals surface area contributed by atoms with Gasteiger partial charge in [-0.2, -0.15) is 4.98 Å². The Labute approximate surface area is 168 Å². The highest BCUT2D eigenvalue weighted by Gasteiger charge is 2.10. The summed E-state index contributed by atoms with van der Waals surface area (Å²) in [5.74, 6) is 0.771. The van der Waals surface area contributed by atoms with Gasteiger partial charge in [0.15, 0.2) is 5.58 Å². The Hall–Kier alpha value is -3.81. The Morgan fingerprint density at radius 2 is 1.97 bits per heavy atom. The molecule has 0 aliphatic heterocycles. The van der Waals surface area contributed by atoms with E-state index in [4.69, 9.17) is 17.0 Å². The number of aromatic nitrogens is 2. The molecule has 0 bridgehead atoms. The normalized spacial score (nSPS) is 10.7. The second-order valence-corrected chi connectivity index (χ2v) is 6.26. The van der Waals surface area contributed by atoms with Crippen molar-refractivity contribution >= 4 is 36.3 Å². The van der Waals surface area contributed by atoms with E-state index in [1.807, 2.05) is 24.3 Å². The zero-order chi connectivity index (χ0) is 20.2. The molecular formula is C21H17BN4O3. The van der Waals surface area contributed by atoms with Gasteiger partial charge >= 0.3 is 0 Å².